The summed E-state index contributed by atoms with van der Waals surface area (Å²) in [5.41, 5.74) is 0.543. The molecule has 29 heavy (non-hydrogen) atoms. The number of nitrogens with zero attached hydrogens (tertiary/aromatic N) is 3. The largest absolute Gasteiger partial charge is 0.433 e. The van der Waals surface area contributed by atoms with Crippen LogP contribution in [0.3, 0.4) is 0 Å². The van der Waals surface area contributed by atoms with Gasteiger partial charge in [-0.25, -0.2) is 9.50 Å². The zero-order valence-electron chi connectivity index (χ0n) is 15.7. The van der Waals surface area contributed by atoms with Gasteiger partial charge in [0.2, 0.25) is 0 Å². The molecule has 0 saturated carbocycles. The minimum absolute atomic E-state index is 0.0438. The number of carbonyl (C=O) groups is 1. The zero-order valence-corrected chi connectivity index (χ0v) is 15.7. The van der Waals surface area contributed by atoms with Crippen molar-refractivity contribution in [2.75, 3.05) is 13.2 Å². The molecular weight excluding hydrogens is 385 g/mol. The number of rotatable bonds is 4. The summed E-state index contributed by atoms with van der Waals surface area (Å²) in [5.74, 6) is -0.559. The Hall–Kier alpha value is -2.94. The Kier molecular flexibility index (Phi) is 4.99. The Balaban J connectivity index is 1.70. The van der Waals surface area contributed by atoms with E-state index in [4.69, 9.17) is 4.74 Å². The predicted octanol–water partition coefficient (Wildman–Crippen LogP) is 3.63. The molecule has 1 aliphatic rings. The highest BCUT2D eigenvalue weighted by Crippen LogP contribution is 2.32. The van der Waals surface area contributed by atoms with Crippen molar-refractivity contribution in [1.82, 2.24) is 19.9 Å². The average Bonchev–Trinajstić information content (AvgIpc) is 3.34. The Morgan fingerprint density at radius 1 is 1.28 bits per heavy atom. The molecule has 1 N–H and O–H groups in total. The number of ether oxygens (including phenoxy) is 1. The lowest BCUT2D eigenvalue weighted by atomic mass is 10.1. The third-order valence-corrected chi connectivity index (χ3v) is 4.81. The van der Waals surface area contributed by atoms with Crippen LogP contribution in [0.15, 0.2) is 36.4 Å². The van der Waals surface area contributed by atoms with Crippen molar-refractivity contribution in [1.29, 1.82) is 0 Å². The molecule has 2 aromatic heterocycles. The molecule has 0 aliphatic carbocycles. The van der Waals surface area contributed by atoms with Crippen molar-refractivity contribution >= 4 is 11.6 Å². The molecule has 1 saturated heterocycles. The summed E-state index contributed by atoms with van der Waals surface area (Å²) in [4.78, 5) is 16.7. The normalized spacial score (nSPS) is 17.0. The second kappa shape index (κ2) is 7.47. The Morgan fingerprint density at radius 2 is 2.03 bits per heavy atom. The molecule has 1 aromatic carbocycles. The first-order valence-electron chi connectivity index (χ1n) is 9.26. The van der Waals surface area contributed by atoms with Crippen LogP contribution in [0.5, 0.6) is 0 Å². The van der Waals surface area contributed by atoms with E-state index >= 15 is 0 Å². The Morgan fingerprint density at radius 3 is 2.69 bits per heavy atom. The van der Waals surface area contributed by atoms with Gasteiger partial charge in [0.25, 0.3) is 5.91 Å². The number of fused-ring (bicyclic) bond motifs is 1. The predicted molar refractivity (Wildman–Crippen MR) is 99.5 cm³/mol. The maximum atomic E-state index is 13.6. The third-order valence-electron chi connectivity index (χ3n) is 4.81. The van der Waals surface area contributed by atoms with Crippen LogP contribution >= 0.6 is 0 Å². The van der Waals surface area contributed by atoms with E-state index < -0.39 is 17.8 Å². The van der Waals surface area contributed by atoms with E-state index in [-0.39, 0.29) is 23.1 Å². The third kappa shape index (κ3) is 4.09. The van der Waals surface area contributed by atoms with E-state index in [1.807, 2.05) is 6.92 Å². The molecule has 1 aliphatic heterocycles. The SMILES string of the molecule is Cc1ccc(-c2cc(C(F)(F)F)n3nc(C(=O)NCC4CCCO4)cc3n2)cc1. The molecule has 1 amide bonds. The van der Waals surface area contributed by atoms with Crippen molar-refractivity contribution in [3.8, 4) is 11.3 Å². The number of amides is 1. The second-order valence-electron chi connectivity index (χ2n) is 7.04. The number of carbonyl (C=O) groups excluding carboxylic acids is 1. The fourth-order valence-electron chi connectivity index (χ4n) is 3.26. The molecule has 0 spiro atoms. The summed E-state index contributed by atoms with van der Waals surface area (Å²) in [6, 6.07) is 9.22. The van der Waals surface area contributed by atoms with Gasteiger partial charge in [0.05, 0.1) is 11.8 Å². The van der Waals surface area contributed by atoms with Crippen LogP contribution in [0, 0.1) is 6.92 Å². The highest BCUT2D eigenvalue weighted by Gasteiger charge is 2.35. The van der Waals surface area contributed by atoms with Gasteiger partial charge < -0.3 is 10.1 Å². The molecule has 0 bridgehead atoms. The molecule has 152 valence electrons. The summed E-state index contributed by atoms with van der Waals surface area (Å²) in [5, 5.41) is 6.52. The number of alkyl halides is 3. The van der Waals surface area contributed by atoms with E-state index in [0.29, 0.717) is 23.2 Å². The molecule has 0 radical (unpaired) electrons. The first-order valence-corrected chi connectivity index (χ1v) is 9.26. The fraction of sp³-hybridized carbons (Fsp3) is 0.350. The van der Waals surface area contributed by atoms with Crippen molar-refractivity contribution in [3.05, 3.63) is 53.3 Å². The van der Waals surface area contributed by atoms with Gasteiger partial charge in [-0.2, -0.15) is 18.3 Å². The van der Waals surface area contributed by atoms with Crippen molar-refractivity contribution in [2.45, 2.75) is 32.0 Å². The molecule has 1 fully saturated rings. The summed E-state index contributed by atoms with van der Waals surface area (Å²) in [6.07, 6.45) is -2.97. The number of aryl methyl sites for hydroxylation is 1. The molecule has 3 aromatic rings. The molecule has 1 atom stereocenters. The molecule has 9 heteroatoms. The maximum absolute atomic E-state index is 13.6. The summed E-state index contributed by atoms with van der Waals surface area (Å²) < 4.78 is 47.0. The van der Waals surface area contributed by atoms with Gasteiger partial charge in [-0.15, -0.1) is 0 Å². The minimum atomic E-state index is -4.65. The van der Waals surface area contributed by atoms with E-state index in [1.54, 1.807) is 24.3 Å². The summed E-state index contributed by atoms with van der Waals surface area (Å²) >= 11 is 0. The van der Waals surface area contributed by atoms with Gasteiger partial charge in [-0.05, 0) is 25.8 Å². The lowest BCUT2D eigenvalue weighted by Crippen LogP contribution is -2.32. The molecule has 1 unspecified atom stereocenters. The van der Waals surface area contributed by atoms with Crippen LogP contribution in [0.1, 0.15) is 34.6 Å². The van der Waals surface area contributed by atoms with Gasteiger partial charge >= 0.3 is 6.18 Å². The number of aromatic nitrogens is 3. The molecule has 6 nitrogen and oxygen atoms in total. The summed E-state index contributed by atoms with van der Waals surface area (Å²) in [7, 11) is 0. The van der Waals surface area contributed by atoms with Crippen LogP contribution < -0.4 is 5.32 Å². The maximum Gasteiger partial charge on any atom is 0.433 e. The fourth-order valence-corrected chi connectivity index (χ4v) is 3.26. The van der Waals surface area contributed by atoms with Crippen LogP contribution in [0.2, 0.25) is 0 Å². The van der Waals surface area contributed by atoms with Crippen molar-refractivity contribution in [3.63, 3.8) is 0 Å². The van der Waals surface area contributed by atoms with Gasteiger partial charge in [0.1, 0.15) is 0 Å². The number of hydrogen-bond acceptors (Lipinski definition) is 4. The molecule has 4 rings (SSSR count). The molecular formula is C20H19F3N4O2. The quantitative estimate of drug-likeness (QED) is 0.721. The van der Waals surface area contributed by atoms with Crippen LogP contribution in [0.25, 0.3) is 16.9 Å². The van der Waals surface area contributed by atoms with E-state index in [1.165, 1.54) is 6.07 Å². The van der Waals surface area contributed by atoms with Crippen molar-refractivity contribution < 1.29 is 22.7 Å². The van der Waals surface area contributed by atoms with Crippen LogP contribution in [-0.4, -0.2) is 39.8 Å². The smallest absolute Gasteiger partial charge is 0.376 e. The van der Waals surface area contributed by atoms with Crippen LogP contribution in [0.4, 0.5) is 13.2 Å². The number of benzene rings is 1. The molecule has 3 heterocycles. The minimum Gasteiger partial charge on any atom is -0.376 e. The highest BCUT2D eigenvalue weighted by atomic mass is 19.4. The number of hydrogen-bond donors (Lipinski definition) is 1. The topological polar surface area (TPSA) is 68.5 Å². The van der Waals surface area contributed by atoms with E-state index in [9.17, 15) is 18.0 Å². The van der Waals surface area contributed by atoms with Gasteiger partial charge in [0, 0.05) is 24.8 Å². The first-order chi connectivity index (χ1) is 13.8. The number of nitrogens with one attached hydrogen (secondary N) is 1. The lowest BCUT2D eigenvalue weighted by Gasteiger charge is -2.11. The first kappa shape index (κ1) is 19.4. The zero-order chi connectivity index (χ0) is 20.6. The van der Waals surface area contributed by atoms with Gasteiger partial charge in [0.15, 0.2) is 17.0 Å². The Labute approximate surface area is 164 Å². The van der Waals surface area contributed by atoms with Gasteiger partial charge in [-0.1, -0.05) is 29.8 Å². The second-order valence-corrected chi connectivity index (χ2v) is 7.04. The lowest BCUT2D eigenvalue weighted by molar-refractivity contribution is -0.142. The Bertz CT molecular complexity index is 1040. The summed E-state index contributed by atoms with van der Waals surface area (Å²) in [6.45, 7) is 2.83. The van der Waals surface area contributed by atoms with Gasteiger partial charge in [-0.3, -0.25) is 4.79 Å². The average molecular weight is 404 g/mol. The highest BCUT2D eigenvalue weighted by molar-refractivity contribution is 5.93. The standard InChI is InChI=1S/C20H19F3N4O2/c1-12-4-6-13(7-5-12)15-9-17(20(21,22)23)27-18(25-15)10-16(26-27)19(28)24-11-14-3-2-8-29-14/h4-7,9-10,14H,2-3,8,11H2,1H3,(H,24,28). The monoisotopic (exact) mass is 404 g/mol. The van der Waals surface area contributed by atoms with Crippen LogP contribution in [-0.2, 0) is 10.9 Å². The van der Waals surface area contributed by atoms with E-state index in [0.717, 1.165) is 24.5 Å². The van der Waals surface area contributed by atoms with Crippen molar-refractivity contribution in [2.24, 2.45) is 0 Å². The number of halogens is 3. The van der Waals surface area contributed by atoms with E-state index in [2.05, 4.69) is 15.4 Å².